The van der Waals surface area contributed by atoms with Crippen LogP contribution in [0.3, 0.4) is 0 Å². The Morgan fingerprint density at radius 2 is 2.16 bits per heavy atom. The van der Waals surface area contributed by atoms with E-state index in [-0.39, 0.29) is 11.4 Å². The molecule has 0 aromatic carbocycles. The number of halogens is 1. The second kappa shape index (κ2) is 7.52. The van der Waals surface area contributed by atoms with Gasteiger partial charge in [-0.2, -0.15) is 0 Å². The van der Waals surface area contributed by atoms with Crippen LogP contribution in [0.2, 0.25) is 0 Å². The maximum absolute atomic E-state index is 12.7. The maximum atomic E-state index is 12.7. The lowest BCUT2D eigenvalue weighted by molar-refractivity contribution is -0.142. The summed E-state index contributed by atoms with van der Waals surface area (Å²) >= 11 is 3.15. The third kappa shape index (κ3) is 4.37. The van der Waals surface area contributed by atoms with Crippen molar-refractivity contribution in [2.24, 2.45) is 0 Å². The van der Waals surface area contributed by atoms with Gasteiger partial charge in [0, 0.05) is 18.5 Å². The Morgan fingerprint density at radius 3 is 2.72 bits per heavy atom. The van der Waals surface area contributed by atoms with Gasteiger partial charge in [-0.3, -0.25) is 19.3 Å². The second-order valence-corrected chi connectivity index (χ2v) is 8.03. The van der Waals surface area contributed by atoms with Crippen molar-refractivity contribution in [3.8, 4) is 0 Å². The van der Waals surface area contributed by atoms with Crippen LogP contribution in [0.1, 0.15) is 26.0 Å². The summed E-state index contributed by atoms with van der Waals surface area (Å²) in [5, 5.41) is 0.495. The molecule has 2 rings (SSSR count). The molecule has 0 fully saturated rings. The lowest BCUT2D eigenvalue weighted by Gasteiger charge is -2.22. The van der Waals surface area contributed by atoms with Gasteiger partial charge in [0.15, 0.2) is 0 Å². The Bertz CT molecular complexity index is 809. The average Bonchev–Trinajstić information content (AvgIpc) is 2.78. The van der Waals surface area contributed by atoms with Crippen LogP contribution in [0.5, 0.6) is 0 Å². The van der Waals surface area contributed by atoms with Crippen LogP contribution in [0, 0.1) is 0 Å². The number of ketones is 1. The number of alkyl halides is 1. The molecule has 1 atom stereocenters. The quantitative estimate of drug-likeness (QED) is 0.510. The number of rotatable bonds is 7. The summed E-state index contributed by atoms with van der Waals surface area (Å²) in [5.41, 5.74) is -1.33. The van der Waals surface area contributed by atoms with E-state index >= 15 is 0 Å². The third-order valence-electron chi connectivity index (χ3n) is 3.35. The summed E-state index contributed by atoms with van der Waals surface area (Å²) in [6, 6.07) is 4.88. The van der Waals surface area contributed by atoms with E-state index in [4.69, 9.17) is 9.47 Å². The van der Waals surface area contributed by atoms with Gasteiger partial charge in [-0.05, 0) is 25.5 Å². The molecule has 1 N–H and O–H groups in total. The summed E-state index contributed by atoms with van der Waals surface area (Å²) in [4.78, 5) is 28.1. The van der Waals surface area contributed by atoms with Gasteiger partial charge >= 0.3 is 5.97 Å². The highest BCUT2D eigenvalue weighted by Crippen LogP contribution is 2.37. The molecule has 0 saturated heterocycles. The summed E-state index contributed by atoms with van der Waals surface area (Å²) in [5.74, 6) is -2.55. The Morgan fingerprint density at radius 1 is 1.44 bits per heavy atom. The SMILES string of the molecule is CC(=O)OC1=C(NS(=O)(=O)CCCBr)OC(C)(c2ccccn2)C1=O. The first kappa shape index (κ1) is 19.4. The number of sulfonamides is 1. The van der Waals surface area contributed by atoms with E-state index in [2.05, 4.69) is 25.6 Å². The van der Waals surface area contributed by atoms with E-state index in [1.165, 1.54) is 13.1 Å². The van der Waals surface area contributed by atoms with Crippen molar-refractivity contribution in [3.05, 3.63) is 41.7 Å². The molecule has 0 radical (unpaired) electrons. The van der Waals surface area contributed by atoms with Gasteiger partial charge in [0.1, 0.15) is 0 Å². The van der Waals surface area contributed by atoms with E-state index in [1.54, 1.807) is 18.2 Å². The summed E-state index contributed by atoms with van der Waals surface area (Å²) in [6.45, 7) is 2.54. The Balaban J connectivity index is 2.38. The van der Waals surface area contributed by atoms with E-state index in [0.717, 1.165) is 6.92 Å². The van der Waals surface area contributed by atoms with E-state index in [1.807, 2.05) is 0 Å². The van der Waals surface area contributed by atoms with Crippen molar-refractivity contribution in [2.45, 2.75) is 25.9 Å². The zero-order valence-corrected chi connectivity index (χ0v) is 16.0. The Kier molecular flexibility index (Phi) is 5.83. The maximum Gasteiger partial charge on any atom is 0.308 e. The summed E-state index contributed by atoms with van der Waals surface area (Å²) in [7, 11) is -3.78. The first-order chi connectivity index (χ1) is 11.7. The molecule has 0 saturated carbocycles. The molecule has 10 heteroatoms. The summed E-state index contributed by atoms with van der Waals surface area (Å²) in [6.07, 6.45) is 1.83. The molecular formula is C15H17BrN2O6S. The number of carbonyl (C=O) groups is 2. The molecule has 0 amide bonds. The van der Waals surface area contributed by atoms with Gasteiger partial charge in [-0.25, -0.2) is 8.42 Å². The Hall–Kier alpha value is -1.94. The molecule has 136 valence electrons. The van der Waals surface area contributed by atoms with Crippen molar-refractivity contribution < 1.29 is 27.5 Å². The third-order valence-corrected chi connectivity index (χ3v) is 5.23. The van der Waals surface area contributed by atoms with Gasteiger partial charge in [0.05, 0.1) is 11.4 Å². The smallest absolute Gasteiger partial charge is 0.308 e. The number of aromatic nitrogens is 1. The van der Waals surface area contributed by atoms with Crippen molar-refractivity contribution >= 4 is 37.7 Å². The number of nitrogens with one attached hydrogen (secondary N) is 1. The highest BCUT2D eigenvalue weighted by molar-refractivity contribution is 9.09. The van der Waals surface area contributed by atoms with Crippen LogP contribution in [-0.4, -0.2) is 36.2 Å². The fourth-order valence-electron chi connectivity index (χ4n) is 2.17. The standard InChI is InChI=1S/C15H17BrN2O6S/c1-10(19)23-12-13(20)15(2,11-6-3-4-8-17-11)24-14(12)18-25(21,22)9-5-7-16/h3-4,6,8,18H,5,7,9H2,1-2H3. The molecule has 25 heavy (non-hydrogen) atoms. The first-order valence-corrected chi connectivity index (χ1v) is 10.1. The number of nitrogens with zero attached hydrogens (tertiary/aromatic N) is 1. The van der Waals surface area contributed by atoms with Gasteiger partial charge in [0.25, 0.3) is 11.7 Å². The first-order valence-electron chi connectivity index (χ1n) is 7.34. The van der Waals surface area contributed by atoms with Crippen molar-refractivity contribution in [2.75, 3.05) is 11.1 Å². The molecule has 8 nitrogen and oxygen atoms in total. The molecule has 1 aromatic heterocycles. The second-order valence-electron chi connectivity index (χ2n) is 5.39. The van der Waals surface area contributed by atoms with Gasteiger partial charge in [-0.15, -0.1) is 0 Å². The number of carbonyl (C=O) groups excluding carboxylic acids is 2. The van der Waals surface area contributed by atoms with Crippen molar-refractivity contribution in [1.82, 2.24) is 9.71 Å². The average molecular weight is 433 g/mol. The molecule has 0 spiro atoms. The minimum Gasteiger partial charge on any atom is -0.454 e. The van der Waals surface area contributed by atoms with E-state index < -0.39 is 39.0 Å². The van der Waals surface area contributed by atoms with Crippen LogP contribution in [0.4, 0.5) is 0 Å². The van der Waals surface area contributed by atoms with Crippen molar-refractivity contribution in [1.29, 1.82) is 0 Å². The largest absolute Gasteiger partial charge is 0.454 e. The van der Waals surface area contributed by atoms with Crippen LogP contribution >= 0.6 is 15.9 Å². The highest BCUT2D eigenvalue weighted by atomic mass is 79.9. The molecule has 1 aromatic rings. The van der Waals surface area contributed by atoms with Crippen molar-refractivity contribution in [3.63, 3.8) is 0 Å². The fourth-order valence-corrected chi connectivity index (χ4v) is 3.87. The zero-order chi connectivity index (χ0) is 18.7. The predicted molar refractivity (Wildman–Crippen MR) is 91.8 cm³/mol. The normalized spacial score (nSPS) is 20.4. The number of pyridine rings is 1. The molecule has 0 aliphatic carbocycles. The molecule has 1 aliphatic rings. The number of Topliss-reactive ketones (excluding diaryl/α,β-unsaturated/α-hetero) is 1. The summed E-state index contributed by atoms with van der Waals surface area (Å²) < 4.78 is 36.9. The lowest BCUT2D eigenvalue weighted by atomic mass is 9.96. The van der Waals surface area contributed by atoms with Crippen LogP contribution in [0.15, 0.2) is 36.0 Å². The fraction of sp³-hybridized carbons (Fsp3) is 0.400. The zero-order valence-electron chi connectivity index (χ0n) is 13.6. The minimum absolute atomic E-state index is 0.188. The minimum atomic E-state index is -3.78. The van der Waals surface area contributed by atoms with E-state index in [0.29, 0.717) is 11.8 Å². The van der Waals surface area contributed by atoms with Crippen LogP contribution in [0.25, 0.3) is 0 Å². The molecule has 2 heterocycles. The topological polar surface area (TPSA) is 112 Å². The number of hydrogen-bond donors (Lipinski definition) is 1. The van der Waals surface area contributed by atoms with Crippen LogP contribution < -0.4 is 4.72 Å². The molecule has 0 bridgehead atoms. The number of esters is 1. The van der Waals surface area contributed by atoms with Crippen LogP contribution in [-0.2, 0) is 34.7 Å². The Labute approximate surface area is 153 Å². The lowest BCUT2D eigenvalue weighted by Crippen LogP contribution is -2.33. The predicted octanol–water partition coefficient (Wildman–Crippen LogP) is 1.33. The molecule has 1 unspecified atom stereocenters. The highest BCUT2D eigenvalue weighted by Gasteiger charge is 2.51. The monoisotopic (exact) mass is 432 g/mol. The molecule has 1 aliphatic heterocycles. The van der Waals surface area contributed by atoms with E-state index in [9.17, 15) is 18.0 Å². The van der Waals surface area contributed by atoms with Gasteiger partial charge in [0.2, 0.25) is 21.4 Å². The number of ether oxygens (including phenoxy) is 2. The van der Waals surface area contributed by atoms with Gasteiger partial charge in [-0.1, -0.05) is 22.0 Å². The number of hydrogen-bond acceptors (Lipinski definition) is 7. The van der Waals surface area contributed by atoms with Gasteiger partial charge < -0.3 is 9.47 Å². The molecular weight excluding hydrogens is 416 g/mol.